The molecule has 0 atom stereocenters. The van der Waals surface area contributed by atoms with Gasteiger partial charge in [0.25, 0.3) is 0 Å². The van der Waals surface area contributed by atoms with Crippen molar-refractivity contribution in [2.75, 3.05) is 5.32 Å². The Balaban J connectivity index is 0.00000441. The van der Waals surface area contributed by atoms with Gasteiger partial charge in [0.05, 0.1) is 11.4 Å². The van der Waals surface area contributed by atoms with Crippen molar-refractivity contribution in [3.05, 3.63) is 87.6 Å². The standard InChI is InChI=1S/C29H27N5O5.Cu/c1-16-5-12-24(25(27(16)36)29(38)39)31-32-26-19(4)33-34(28(26)37)23-11-9-21(18(3)14-23)7-6-20-8-10-22(30-15-35)13-17(20)2;/h5-15,36-37H,1-4H3,(H,30,35)(H,38,39);. The molecule has 1 radical (unpaired) electrons. The molecule has 0 saturated heterocycles. The number of carbonyl (C=O) groups is 2. The molecule has 0 aliphatic carbocycles. The monoisotopic (exact) mass is 588 g/mol. The third-order valence-electron chi connectivity index (χ3n) is 6.27. The average Bonchev–Trinajstić information content (AvgIpc) is 3.17. The number of anilines is 1. The van der Waals surface area contributed by atoms with E-state index in [4.69, 9.17) is 0 Å². The number of hydrogen-bond acceptors (Lipinski definition) is 7. The average molecular weight is 589 g/mol. The van der Waals surface area contributed by atoms with Crippen LogP contribution in [0.4, 0.5) is 17.1 Å². The van der Waals surface area contributed by atoms with Gasteiger partial charge >= 0.3 is 5.97 Å². The number of aryl methyl sites for hydroxylation is 4. The zero-order valence-corrected chi connectivity index (χ0v) is 23.0. The first kappa shape index (κ1) is 29.8. The molecule has 3 aromatic carbocycles. The number of nitrogens with zero attached hydrogens (tertiary/aromatic N) is 4. The van der Waals surface area contributed by atoms with Crippen molar-refractivity contribution in [3.8, 4) is 17.3 Å². The first-order valence-corrected chi connectivity index (χ1v) is 12.0. The fourth-order valence-corrected chi connectivity index (χ4v) is 4.07. The van der Waals surface area contributed by atoms with Crippen LogP contribution in [0.2, 0.25) is 0 Å². The van der Waals surface area contributed by atoms with Crippen molar-refractivity contribution in [3.63, 3.8) is 0 Å². The van der Waals surface area contributed by atoms with Gasteiger partial charge in [-0.15, -0.1) is 10.2 Å². The van der Waals surface area contributed by atoms with Crippen LogP contribution in [-0.2, 0) is 21.9 Å². The SMILES string of the molecule is Cc1cc(NC=O)ccc1C=Cc1ccc(-n2nc(C)c(N=Nc3ccc(C)c(O)c3C(=O)O)c2O)cc1C.[Cu]. The summed E-state index contributed by atoms with van der Waals surface area (Å²) < 4.78 is 1.33. The predicted octanol–water partition coefficient (Wildman–Crippen LogP) is 6.37. The molecule has 0 aliphatic rings. The topological polar surface area (TPSA) is 149 Å². The molecule has 209 valence electrons. The van der Waals surface area contributed by atoms with Crippen LogP contribution in [-0.4, -0.2) is 37.5 Å². The van der Waals surface area contributed by atoms with Crippen molar-refractivity contribution >= 4 is 41.6 Å². The zero-order valence-electron chi connectivity index (χ0n) is 22.1. The van der Waals surface area contributed by atoms with Gasteiger partial charge < -0.3 is 20.6 Å². The first-order chi connectivity index (χ1) is 18.6. The fraction of sp³-hybridized carbons (Fsp3) is 0.138. The second-order valence-corrected chi connectivity index (χ2v) is 9.01. The molecule has 0 fully saturated rings. The molecular weight excluding hydrogens is 562 g/mol. The number of carboxylic acid groups (broad SMARTS) is 1. The van der Waals surface area contributed by atoms with E-state index in [2.05, 4.69) is 20.6 Å². The summed E-state index contributed by atoms with van der Waals surface area (Å²) in [4.78, 5) is 22.3. The summed E-state index contributed by atoms with van der Waals surface area (Å²) in [5, 5.41) is 45.5. The van der Waals surface area contributed by atoms with E-state index >= 15 is 0 Å². The fourth-order valence-electron chi connectivity index (χ4n) is 4.07. The van der Waals surface area contributed by atoms with Crippen molar-refractivity contribution in [1.82, 2.24) is 9.78 Å². The molecule has 4 aromatic rings. The summed E-state index contributed by atoms with van der Waals surface area (Å²) in [6.45, 7) is 7.14. The number of rotatable bonds is 8. The molecule has 0 spiro atoms. The Labute approximate surface area is 241 Å². The quantitative estimate of drug-likeness (QED) is 0.0813. The van der Waals surface area contributed by atoms with Crippen LogP contribution >= 0.6 is 0 Å². The number of hydrogen-bond donors (Lipinski definition) is 4. The van der Waals surface area contributed by atoms with Gasteiger partial charge in [-0.1, -0.05) is 30.4 Å². The van der Waals surface area contributed by atoms with Gasteiger partial charge in [0.15, 0.2) is 5.69 Å². The van der Waals surface area contributed by atoms with Gasteiger partial charge in [0, 0.05) is 22.8 Å². The molecular formula is C29H27CuN5O5. The Hall–Kier alpha value is -4.73. The molecule has 4 N–H and O–H groups in total. The molecule has 10 nitrogen and oxygen atoms in total. The van der Waals surface area contributed by atoms with Crippen molar-refractivity contribution in [2.24, 2.45) is 10.2 Å². The summed E-state index contributed by atoms with van der Waals surface area (Å²) in [5.74, 6) is -1.98. The van der Waals surface area contributed by atoms with Crippen molar-refractivity contribution < 1.29 is 42.0 Å². The molecule has 1 heterocycles. The van der Waals surface area contributed by atoms with Gasteiger partial charge in [-0.3, -0.25) is 4.79 Å². The molecule has 1 amide bonds. The van der Waals surface area contributed by atoms with Crippen LogP contribution in [0.3, 0.4) is 0 Å². The molecule has 0 bridgehead atoms. The third kappa shape index (κ3) is 6.11. The first-order valence-electron chi connectivity index (χ1n) is 12.0. The van der Waals surface area contributed by atoms with Gasteiger partial charge in [0.2, 0.25) is 12.3 Å². The third-order valence-corrected chi connectivity index (χ3v) is 6.27. The number of azo groups is 1. The molecule has 40 heavy (non-hydrogen) atoms. The maximum Gasteiger partial charge on any atom is 0.341 e. The maximum atomic E-state index is 11.6. The van der Waals surface area contributed by atoms with E-state index in [1.807, 2.05) is 62.4 Å². The number of phenols is 1. The Bertz CT molecular complexity index is 1660. The van der Waals surface area contributed by atoms with Crippen LogP contribution in [0.25, 0.3) is 17.8 Å². The van der Waals surface area contributed by atoms with Crippen LogP contribution < -0.4 is 5.32 Å². The van der Waals surface area contributed by atoms with Crippen LogP contribution in [0, 0.1) is 27.7 Å². The van der Waals surface area contributed by atoms with Crippen molar-refractivity contribution in [1.29, 1.82) is 0 Å². The van der Waals surface area contributed by atoms with Gasteiger partial charge in [-0.2, -0.15) is 9.78 Å². The number of carbonyl (C=O) groups excluding carboxylic acids is 1. The van der Waals surface area contributed by atoms with E-state index in [0.717, 1.165) is 27.9 Å². The number of amides is 1. The van der Waals surface area contributed by atoms with Gasteiger partial charge in [0.1, 0.15) is 17.0 Å². The second kappa shape index (κ2) is 12.4. The minimum atomic E-state index is -1.34. The Morgan fingerprint density at radius 3 is 2.15 bits per heavy atom. The summed E-state index contributed by atoms with van der Waals surface area (Å²) in [6.07, 6.45) is 4.62. The Morgan fingerprint density at radius 1 is 0.900 bits per heavy atom. The summed E-state index contributed by atoms with van der Waals surface area (Å²) in [5.41, 5.74) is 5.71. The van der Waals surface area contributed by atoms with Crippen LogP contribution in [0.5, 0.6) is 11.6 Å². The summed E-state index contributed by atoms with van der Waals surface area (Å²) >= 11 is 0. The minimum Gasteiger partial charge on any atom is -0.507 e. The van der Waals surface area contributed by atoms with Gasteiger partial charge in [-0.25, -0.2) is 4.79 Å². The van der Waals surface area contributed by atoms with Gasteiger partial charge in [-0.05, 0) is 85.8 Å². The van der Waals surface area contributed by atoms with Crippen LogP contribution in [0.15, 0.2) is 58.8 Å². The van der Waals surface area contributed by atoms with E-state index in [1.54, 1.807) is 13.8 Å². The second-order valence-electron chi connectivity index (χ2n) is 9.01. The normalized spacial score (nSPS) is 11.1. The predicted molar refractivity (Wildman–Crippen MR) is 148 cm³/mol. The van der Waals surface area contributed by atoms with E-state index in [0.29, 0.717) is 23.4 Å². The minimum absolute atomic E-state index is 0. The van der Waals surface area contributed by atoms with E-state index in [9.17, 15) is 24.9 Å². The van der Waals surface area contributed by atoms with Crippen molar-refractivity contribution in [2.45, 2.75) is 27.7 Å². The molecule has 4 rings (SSSR count). The van der Waals surface area contributed by atoms with E-state index < -0.39 is 5.97 Å². The van der Waals surface area contributed by atoms with E-state index in [-0.39, 0.29) is 45.6 Å². The number of nitrogens with one attached hydrogen (secondary N) is 1. The van der Waals surface area contributed by atoms with E-state index in [1.165, 1.54) is 16.8 Å². The van der Waals surface area contributed by atoms with Crippen LogP contribution in [0.1, 0.15) is 43.9 Å². The number of aromatic hydroxyl groups is 2. The number of aromatic nitrogens is 2. The molecule has 0 unspecified atom stereocenters. The molecule has 0 saturated carbocycles. The smallest absolute Gasteiger partial charge is 0.341 e. The molecule has 11 heteroatoms. The number of carboxylic acids is 1. The molecule has 0 aliphatic heterocycles. The number of benzene rings is 3. The summed E-state index contributed by atoms with van der Waals surface area (Å²) in [6, 6.07) is 14.2. The zero-order chi connectivity index (χ0) is 28.3. The Morgan fingerprint density at radius 2 is 1.55 bits per heavy atom. The number of aromatic carboxylic acids is 1. The molecule has 1 aromatic heterocycles. The maximum absolute atomic E-state index is 11.6. The summed E-state index contributed by atoms with van der Waals surface area (Å²) in [7, 11) is 0. The Kier molecular flexibility index (Phi) is 9.26. The largest absolute Gasteiger partial charge is 0.507 e.